The smallest absolute Gasteiger partial charge is 0.410 e. The van der Waals surface area contributed by atoms with Crippen molar-refractivity contribution in [2.24, 2.45) is 0 Å². The molecule has 5 heterocycles. The molecule has 2 aromatic carbocycles. The zero-order chi connectivity index (χ0) is 37.6. The van der Waals surface area contributed by atoms with E-state index in [1.807, 2.05) is 39.0 Å². The maximum absolute atomic E-state index is 16.2. The van der Waals surface area contributed by atoms with Crippen molar-refractivity contribution in [3.63, 3.8) is 0 Å². The van der Waals surface area contributed by atoms with Crippen molar-refractivity contribution in [1.29, 1.82) is 0 Å². The van der Waals surface area contributed by atoms with Crippen molar-refractivity contribution in [2.45, 2.75) is 52.3 Å². The van der Waals surface area contributed by atoms with Gasteiger partial charge in [0.05, 0.1) is 35.5 Å². The number of pyridine rings is 1. The standard InChI is InChI=1S/C39H37F3N4O5S2/c1-6-30(47)45-12-10-27-29(19-45)53-37(43-27)35-33(31-25(41)16-24(40)17-28(31)50-14-13-49-5)36-32(26(42)20-52-36)34(44-35)22-7-8-23-18-46(11-9-21(23)15-22)38(48)51-39(2,3)4/h6-8,15-17,20H,1,9-14,18-19H2,2-5H3. The minimum Gasteiger partial charge on any atom is -0.490 e. The molecule has 0 unspecified atom stereocenters. The predicted octanol–water partition coefficient (Wildman–Crippen LogP) is 8.56. The summed E-state index contributed by atoms with van der Waals surface area (Å²) in [6, 6.07) is 7.55. The summed E-state index contributed by atoms with van der Waals surface area (Å²) in [5.41, 5.74) is 3.44. The summed E-state index contributed by atoms with van der Waals surface area (Å²) in [6.07, 6.45) is 1.92. The Morgan fingerprint density at radius 3 is 2.49 bits per heavy atom. The van der Waals surface area contributed by atoms with E-state index in [4.69, 9.17) is 24.2 Å². The number of fused-ring (bicyclic) bond motifs is 3. The van der Waals surface area contributed by atoms with Gasteiger partial charge >= 0.3 is 6.09 Å². The van der Waals surface area contributed by atoms with Gasteiger partial charge in [0.25, 0.3) is 0 Å². The number of carbonyl (C=O) groups excluding carboxylic acids is 2. The Bertz CT molecular complexity index is 2260. The van der Waals surface area contributed by atoms with Crippen LogP contribution in [0.25, 0.3) is 43.2 Å². The van der Waals surface area contributed by atoms with E-state index >= 15 is 8.78 Å². The summed E-state index contributed by atoms with van der Waals surface area (Å²) < 4.78 is 63.9. The lowest BCUT2D eigenvalue weighted by Crippen LogP contribution is -2.39. The number of thiazole rings is 1. The van der Waals surface area contributed by atoms with Gasteiger partial charge in [0, 0.05) is 71.4 Å². The molecule has 14 heteroatoms. The minimum atomic E-state index is -0.907. The summed E-state index contributed by atoms with van der Waals surface area (Å²) in [5.74, 6) is -2.58. The molecule has 9 nitrogen and oxygen atoms in total. The number of carbonyl (C=O) groups is 2. The molecule has 53 heavy (non-hydrogen) atoms. The highest BCUT2D eigenvalue weighted by Crippen LogP contribution is 2.49. The van der Waals surface area contributed by atoms with Crippen molar-refractivity contribution in [1.82, 2.24) is 19.8 Å². The van der Waals surface area contributed by atoms with Crippen LogP contribution in [-0.2, 0) is 40.2 Å². The fraction of sp³-hybridized carbons (Fsp3) is 0.333. The Hall–Kier alpha value is -4.79. The molecule has 0 N–H and O–H groups in total. The second-order valence-electron chi connectivity index (χ2n) is 13.8. The van der Waals surface area contributed by atoms with E-state index < -0.39 is 29.1 Å². The third-order valence-electron chi connectivity index (χ3n) is 9.05. The first-order chi connectivity index (χ1) is 25.3. The second kappa shape index (κ2) is 14.6. The Kier molecular flexibility index (Phi) is 10.0. The molecular formula is C39H37F3N4O5S2. The highest BCUT2D eigenvalue weighted by atomic mass is 32.1. The van der Waals surface area contributed by atoms with Crippen LogP contribution in [0.4, 0.5) is 18.0 Å². The quantitative estimate of drug-likeness (QED) is 0.116. The fourth-order valence-electron chi connectivity index (χ4n) is 6.61. The number of aromatic nitrogens is 2. The SMILES string of the molecule is C=CC(=O)N1CCc2nc(-c3nc(-c4ccc5c(c4)CCN(C(=O)OC(C)(C)C)C5)c4c(F)csc4c3-c3c(F)cc(F)cc3OCCOC)sc2C1. The third-order valence-corrected chi connectivity index (χ3v) is 11.1. The molecule has 0 saturated carbocycles. The largest absolute Gasteiger partial charge is 0.490 e. The first kappa shape index (κ1) is 36.6. The molecule has 3 aromatic heterocycles. The molecule has 0 aliphatic carbocycles. The van der Waals surface area contributed by atoms with E-state index in [2.05, 4.69) is 6.58 Å². The van der Waals surface area contributed by atoms with Crippen LogP contribution < -0.4 is 4.74 Å². The number of hydrogen-bond donors (Lipinski definition) is 0. The number of hydrogen-bond acceptors (Lipinski definition) is 9. The second-order valence-corrected chi connectivity index (χ2v) is 15.8. The average molecular weight is 763 g/mol. The molecule has 5 aromatic rings. The van der Waals surface area contributed by atoms with Crippen molar-refractivity contribution in [2.75, 3.05) is 33.4 Å². The van der Waals surface area contributed by atoms with Crippen molar-refractivity contribution in [3.8, 4) is 38.8 Å². The Balaban J connectivity index is 1.40. The van der Waals surface area contributed by atoms with Crippen LogP contribution in [0.2, 0.25) is 0 Å². The van der Waals surface area contributed by atoms with Gasteiger partial charge in [-0.1, -0.05) is 18.7 Å². The first-order valence-corrected chi connectivity index (χ1v) is 18.8. The van der Waals surface area contributed by atoms with Gasteiger partial charge < -0.3 is 24.0 Å². The van der Waals surface area contributed by atoms with Crippen LogP contribution in [0, 0.1) is 17.5 Å². The topological polar surface area (TPSA) is 94.1 Å². The number of amides is 2. The lowest BCUT2D eigenvalue weighted by molar-refractivity contribution is -0.126. The van der Waals surface area contributed by atoms with E-state index in [0.29, 0.717) is 60.0 Å². The lowest BCUT2D eigenvalue weighted by atomic mass is 9.94. The van der Waals surface area contributed by atoms with E-state index in [9.17, 15) is 14.0 Å². The Morgan fingerprint density at radius 2 is 1.74 bits per heavy atom. The minimum absolute atomic E-state index is 0.00831. The number of thiophene rings is 1. The van der Waals surface area contributed by atoms with Gasteiger partial charge in [-0.05, 0) is 50.5 Å². The predicted molar refractivity (Wildman–Crippen MR) is 199 cm³/mol. The molecule has 2 aliphatic heterocycles. The zero-order valence-corrected chi connectivity index (χ0v) is 31.3. The van der Waals surface area contributed by atoms with Gasteiger partial charge in [-0.2, -0.15) is 0 Å². The molecule has 0 spiro atoms. The lowest BCUT2D eigenvalue weighted by Gasteiger charge is -2.31. The van der Waals surface area contributed by atoms with Crippen LogP contribution in [0.15, 0.2) is 48.4 Å². The summed E-state index contributed by atoms with van der Waals surface area (Å²) >= 11 is 2.40. The van der Waals surface area contributed by atoms with Gasteiger partial charge in [0.1, 0.15) is 46.1 Å². The van der Waals surface area contributed by atoms with Gasteiger partial charge in [-0.25, -0.2) is 27.9 Å². The van der Waals surface area contributed by atoms with Crippen LogP contribution in [0.3, 0.4) is 0 Å². The van der Waals surface area contributed by atoms with E-state index in [1.54, 1.807) is 9.80 Å². The average Bonchev–Trinajstić information content (AvgIpc) is 3.73. The number of methoxy groups -OCH3 is 1. The summed E-state index contributed by atoms with van der Waals surface area (Å²) in [5, 5.41) is 1.96. The van der Waals surface area contributed by atoms with Gasteiger partial charge in [0.2, 0.25) is 5.91 Å². The number of nitrogens with zero attached hydrogens (tertiary/aromatic N) is 4. The number of benzene rings is 2. The maximum atomic E-state index is 16.2. The van der Waals surface area contributed by atoms with Crippen LogP contribution >= 0.6 is 22.7 Å². The highest BCUT2D eigenvalue weighted by molar-refractivity contribution is 7.18. The number of rotatable bonds is 8. The molecule has 7 rings (SSSR count). The monoisotopic (exact) mass is 762 g/mol. The zero-order valence-electron chi connectivity index (χ0n) is 29.7. The maximum Gasteiger partial charge on any atom is 0.410 e. The molecule has 0 bridgehead atoms. The molecule has 2 aliphatic rings. The first-order valence-electron chi connectivity index (χ1n) is 17.1. The van der Waals surface area contributed by atoms with Gasteiger partial charge in [0.15, 0.2) is 0 Å². The number of ether oxygens (including phenoxy) is 3. The van der Waals surface area contributed by atoms with Crippen LogP contribution in [-0.4, -0.2) is 70.8 Å². The summed E-state index contributed by atoms with van der Waals surface area (Å²) in [7, 11) is 1.49. The summed E-state index contributed by atoms with van der Waals surface area (Å²) in [4.78, 5) is 39.5. The number of halogens is 3. The normalized spacial score (nSPS) is 14.2. The van der Waals surface area contributed by atoms with E-state index in [0.717, 1.165) is 45.2 Å². The van der Waals surface area contributed by atoms with E-state index in [-0.39, 0.29) is 47.1 Å². The van der Waals surface area contributed by atoms with Gasteiger partial charge in [-0.3, -0.25) is 4.79 Å². The molecule has 0 fully saturated rings. The van der Waals surface area contributed by atoms with Crippen molar-refractivity contribution in [3.05, 3.63) is 87.5 Å². The molecule has 0 atom stereocenters. The highest BCUT2D eigenvalue weighted by Gasteiger charge is 2.31. The van der Waals surface area contributed by atoms with Crippen LogP contribution in [0.5, 0.6) is 5.75 Å². The van der Waals surface area contributed by atoms with Crippen molar-refractivity contribution < 1.29 is 37.0 Å². The Labute approximate surface area is 312 Å². The molecule has 276 valence electrons. The van der Waals surface area contributed by atoms with Crippen LogP contribution in [0.1, 0.15) is 42.5 Å². The molecule has 0 radical (unpaired) electrons. The van der Waals surface area contributed by atoms with Crippen molar-refractivity contribution >= 4 is 44.8 Å². The Morgan fingerprint density at radius 1 is 0.943 bits per heavy atom. The fourth-order valence-corrected chi connectivity index (χ4v) is 8.69. The molecule has 2 amide bonds. The molecular weight excluding hydrogens is 726 g/mol. The molecule has 0 saturated heterocycles. The van der Waals surface area contributed by atoms with Gasteiger partial charge in [-0.15, -0.1) is 22.7 Å². The summed E-state index contributed by atoms with van der Waals surface area (Å²) in [6.45, 7) is 10.8. The van der Waals surface area contributed by atoms with E-state index in [1.165, 1.54) is 29.9 Å². The third kappa shape index (κ3) is 7.27.